The molecule has 0 spiro atoms. The summed E-state index contributed by atoms with van der Waals surface area (Å²) >= 11 is 0. The number of hydrogen-bond acceptors (Lipinski definition) is 3. The number of aromatic amines is 1. The summed E-state index contributed by atoms with van der Waals surface area (Å²) in [6.07, 6.45) is 1.74. The average molecular weight is 301 g/mol. The topological polar surface area (TPSA) is 83.2 Å². The minimum absolute atomic E-state index is 0.217. The molecule has 2 aromatic rings. The van der Waals surface area contributed by atoms with Gasteiger partial charge in [-0.2, -0.15) is 0 Å². The van der Waals surface area contributed by atoms with Crippen molar-refractivity contribution in [2.24, 2.45) is 11.8 Å². The van der Waals surface area contributed by atoms with Crippen molar-refractivity contribution in [2.75, 3.05) is 12.4 Å². The van der Waals surface area contributed by atoms with Crippen LogP contribution in [-0.4, -0.2) is 30.1 Å². The SMILES string of the molecule is COC(=O)c1cc(NC(=O)NC2[C@@H](C)[C@H]2C)cc2[nH]ccc12. The summed E-state index contributed by atoms with van der Waals surface area (Å²) in [5.41, 5.74) is 1.74. The number of fused-ring (bicyclic) bond motifs is 1. The van der Waals surface area contributed by atoms with Gasteiger partial charge in [-0.1, -0.05) is 13.8 Å². The summed E-state index contributed by atoms with van der Waals surface area (Å²) in [6.45, 7) is 4.21. The maximum Gasteiger partial charge on any atom is 0.338 e. The summed E-state index contributed by atoms with van der Waals surface area (Å²) in [4.78, 5) is 26.9. The number of H-pyrrole nitrogens is 1. The van der Waals surface area contributed by atoms with Crippen LogP contribution in [0.5, 0.6) is 0 Å². The van der Waals surface area contributed by atoms with Gasteiger partial charge in [-0.3, -0.25) is 0 Å². The van der Waals surface area contributed by atoms with Gasteiger partial charge in [0.15, 0.2) is 0 Å². The highest BCUT2D eigenvalue weighted by Crippen LogP contribution is 2.37. The molecule has 1 saturated carbocycles. The Morgan fingerprint density at radius 2 is 1.95 bits per heavy atom. The molecule has 3 rings (SSSR count). The minimum atomic E-state index is -0.432. The van der Waals surface area contributed by atoms with E-state index in [0.29, 0.717) is 23.1 Å². The first kappa shape index (κ1) is 14.4. The number of urea groups is 1. The monoisotopic (exact) mass is 301 g/mol. The average Bonchev–Trinajstić information content (AvgIpc) is 2.93. The fourth-order valence-electron chi connectivity index (χ4n) is 2.76. The van der Waals surface area contributed by atoms with Crippen molar-refractivity contribution in [3.63, 3.8) is 0 Å². The van der Waals surface area contributed by atoms with Gasteiger partial charge in [-0.15, -0.1) is 0 Å². The third-order valence-corrected chi connectivity index (χ3v) is 4.45. The maximum atomic E-state index is 12.0. The van der Waals surface area contributed by atoms with Crippen molar-refractivity contribution in [1.29, 1.82) is 0 Å². The van der Waals surface area contributed by atoms with Gasteiger partial charge in [0.1, 0.15) is 0 Å². The molecular weight excluding hydrogens is 282 g/mol. The smallest absolute Gasteiger partial charge is 0.338 e. The molecule has 1 aliphatic rings. The summed E-state index contributed by atoms with van der Waals surface area (Å²) in [5.74, 6) is 0.572. The largest absolute Gasteiger partial charge is 0.465 e. The van der Waals surface area contributed by atoms with Gasteiger partial charge in [0.2, 0.25) is 0 Å². The third kappa shape index (κ3) is 2.52. The van der Waals surface area contributed by atoms with Crippen LogP contribution in [0, 0.1) is 11.8 Å². The zero-order chi connectivity index (χ0) is 15.9. The zero-order valence-electron chi connectivity index (χ0n) is 12.8. The molecule has 1 aliphatic carbocycles. The number of carbonyl (C=O) groups excluding carboxylic acids is 2. The van der Waals surface area contributed by atoms with Crippen molar-refractivity contribution in [2.45, 2.75) is 19.9 Å². The van der Waals surface area contributed by atoms with E-state index in [0.717, 1.165) is 10.9 Å². The predicted molar refractivity (Wildman–Crippen MR) is 83.9 cm³/mol. The molecule has 0 bridgehead atoms. The first-order chi connectivity index (χ1) is 10.5. The number of ether oxygens (including phenoxy) is 1. The number of aromatic nitrogens is 1. The van der Waals surface area contributed by atoms with Crippen LogP contribution in [-0.2, 0) is 4.74 Å². The Bertz CT molecular complexity index is 729. The van der Waals surface area contributed by atoms with Crippen molar-refractivity contribution in [3.05, 3.63) is 30.0 Å². The number of hydrogen-bond donors (Lipinski definition) is 3. The van der Waals surface area contributed by atoms with Crippen LogP contribution in [0.15, 0.2) is 24.4 Å². The molecule has 0 radical (unpaired) electrons. The molecule has 1 unspecified atom stereocenters. The lowest BCUT2D eigenvalue weighted by Crippen LogP contribution is -2.32. The second-order valence-corrected chi connectivity index (χ2v) is 5.80. The Kier molecular flexibility index (Phi) is 3.52. The summed E-state index contributed by atoms with van der Waals surface area (Å²) in [6, 6.07) is 5.18. The van der Waals surface area contributed by atoms with E-state index in [9.17, 15) is 9.59 Å². The third-order valence-electron chi connectivity index (χ3n) is 4.45. The second-order valence-electron chi connectivity index (χ2n) is 5.80. The standard InChI is InChI=1S/C16H19N3O3/c1-8-9(2)14(8)19-16(21)18-10-6-12(15(20)22-3)11-4-5-17-13(11)7-10/h4-9,14,17H,1-3H3,(H2,18,19,21)/t8-,9+,14?. The highest BCUT2D eigenvalue weighted by molar-refractivity contribution is 6.06. The van der Waals surface area contributed by atoms with Gasteiger partial charge in [0, 0.05) is 28.8 Å². The number of anilines is 1. The number of esters is 1. The van der Waals surface area contributed by atoms with Crippen LogP contribution in [0.2, 0.25) is 0 Å². The Labute approximate surface area is 128 Å². The lowest BCUT2D eigenvalue weighted by molar-refractivity contribution is 0.0603. The van der Waals surface area contributed by atoms with Crippen molar-refractivity contribution >= 4 is 28.6 Å². The Morgan fingerprint density at radius 1 is 1.23 bits per heavy atom. The van der Waals surface area contributed by atoms with Crippen LogP contribution in [0.1, 0.15) is 24.2 Å². The first-order valence-electron chi connectivity index (χ1n) is 7.28. The number of rotatable bonds is 3. The predicted octanol–water partition coefficient (Wildman–Crippen LogP) is 2.73. The molecule has 22 heavy (non-hydrogen) atoms. The van der Waals surface area contributed by atoms with Crippen molar-refractivity contribution in [3.8, 4) is 0 Å². The van der Waals surface area contributed by atoms with Gasteiger partial charge < -0.3 is 20.4 Å². The molecule has 6 nitrogen and oxygen atoms in total. The van der Waals surface area contributed by atoms with E-state index in [1.807, 2.05) is 0 Å². The van der Waals surface area contributed by atoms with Crippen LogP contribution in [0.25, 0.3) is 10.9 Å². The summed E-state index contributed by atoms with van der Waals surface area (Å²) in [5, 5.41) is 6.47. The molecule has 3 atom stereocenters. The van der Waals surface area contributed by atoms with Gasteiger partial charge in [-0.05, 0) is 30.0 Å². The highest BCUT2D eigenvalue weighted by Gasteiger charge is 2.43. The van der Waals surface area contributed by atoms with E-state index >= 15 is 0 Å². The molecule has 3 N–H and O–H groups in total. The quantitative estimate of drug-likeness (QED) is 0.762. The normalized spacial score (nSPS) is 23.1. The Morgan fingerprint density at radius 3 is 2.59 bits per heavy atom. The van der Waals surface area contributed by atoms with E-state index in [1.54, 1.807) is 24.4 Å². The maximum absolute atomic E-state index is 12.0. The van der Waals surface area contributed by atoms with Crippen molar-refractivity contribution in [1.82, 2.24) is 10.3 Å². The van der Waals surface area contributed by atoms with Gasteiger partial charge >= 0.3 is 12.0 Å². The number of benzene rings is 1. The number of methoxy groups -OCH3 is 1. The van der Waals surface area contributed by atoms with E-state index < -0.39 is 5.97 Å². The molecule has 116 valence electrons. The lowest BCUT2D eigenvalue weighted by atomic mass is 10.1. The van der Waals surface area contributed by atoms with Gasteiger partial charge in [-0.25, -0.2) is 9.59 Å². The zero-order valence-corrected chi connectivity index (χ0v) is 12.8. The summed E-state index contributed by atoms with van der Waals surface area (Å²) < 4.78 is 4.80. The lowest BCUT2D eigenvalue weighted by Gasteiger charge is -2.09. The van der Waals surface area contributed by atoms with Crippen molar-refractivity contribution < 1.29 is 14.3 Å². The van der Waals surface area contributed by atoms with E-state index in [-0.39, 0.29) is 12.1 Å². The number of nitrogens with one attached hydrogen (secondary N) is 3. The molecule has 0 aliphatic heterocycles. The molecule has 2 amide bonds. The molecule has 0 saturated heterocycles. The molecule has 1 aromatic heterocycles. The Hall–Kier alpha value is -2.50. The molecule has 1 aromatic carbocycles. The van der Waals surface area contributed by atoms with Crippen LogP contribution >= 0.6 is 0 Å². The number of carbonyl (C=O) groups is 2. The fraction of sp³-hybridized carbons (Fsp3) is 0.375. The van der Waals surface area contributed by atoms with Gasteiger partial charge in [0.25, 0.3) is 0 Å². The molecule has 1 fully saturated rings. The minimum Gasteiger partial charge on any atom is -0.465 e. The fourth-order valence-corrected chi connectivity index (χ4v) is 2.76. The highest BCUT2D eigenvalue weighted by atomic mass is 16.5. The van der Waals surface area contributed by atoms with Crippen LogP contribution in [0.4, 0.5) is 10.5 Å². The first-order valence-corrected chi connectivity index (χ1v) is 7.28. The van der Waals surface area contributed by atoms with Crippen LogP contribution in [0.3, 0.4) is 0 Å². The molecule has 6 heteroatoms. The van der Waals surface area contributed by atoms with E-state index in [2.05, 4.69) is 29.5 Å². The van der Waals surface area contributed by atoms with Gasteiger partial charge in [0.05, 0.1) is 12.7 Å². The summed E-state index contributed by atoms with van der Waals surface area (Å²) in [7, 11) is 1.34. The second kappa shape index (κ2) is 5.36. The Balaban J connectivity index is 1.81. The van der Waals surface area contributed by atoms with E-state index in [1.165, 1.54) is 7.11 Å². The van der Waals surface area contributed by atoms with E-state index in [4.69, 9.17) is 4.74 Å². The van der Waals surface area contributed by atoms with Crippen LogP contribution < -0.4 is 10.6 Å². The molecular formula is C16H19N3O3. The number of amides is 2. The molecule has 1 heterocycles.